The second-order valence-corrected chi connectivity index (χ2v) is 4.14. The third-order valence-electron chi connectivity index (χ3n) is 2.63. The molecule has 16 heavy (non-hydrogen) atoms. The van der Waals surface area contributed by atoms with E-state index in [1.54, 1.807) is 11.2 Å². The number of nitrogens with zero attached hydrogens (tertiary/aromatic N) is 2. The Morgan fingerprint density at radius 2 is 2.25 bits per heavy atom. The molecule has 0 aliphatic rings. The molecule has 0 fully saturated rings. The van der Waals surface area contributed by atoms with E-state index in [-0.39, 0.29) is 5.91 Å². The van der Waals surface area contributed by atoms with Crippen molar-refractivity contribution in [1.82, 2.24) is 4.98 Å². The van der Waals surface area contributed by atoms with E-state index in [0.29, 0.717) is 24.9 Å². The number of aryl methyl sites for hydroxylation is 1. The van der Waals surface area contributed by atoms with Gasteiger partial charge in [-0.2, -0.15) is 4.98 Å². The van der Waals surface area contributed by atoms with E-state index < -0.39 is 0 Å². The summed E-state index contributed by atoms with van der Waals surface area (Å²) in [4.78, 5) is 17.6. The van der Waals surface area contributed by atoms with Crippen molar-refractivity contribution in [3.05, 3.63) is 12.0 Å². The molecule has 1 aromatic rings. The Hall–Kier alpha value is -1.32. The van der Waals surface area contributed by atoms with Crippen molar-refractivity contribution in [2.75, 3.05) is 11.4 Å². The van der Waals surface area contributed by atoms with E-state index in [1.165, 1.54) is 0 Å². The van der Waals surface area contributed by atoms with Crippen molar-refractivity contribution in [2.24, 2.45) is 5.92 Å². The standard InChI is InChI=1S/C12H20N2O2/c1-5-9(3)7-14(11(15)6-2)12-13-10(4)8-16-12/h8-9H,5-7H2,1-4H3. The SMILES string of the molecule is CCC(=O)N(CC(C)CC)c1nc(C)co1. The first kappa shape index (κ1) is 12.7. The van der Waals surface area contributed by atoms with Crippen LogP contribution in [0.2, 0.25) is 0 Å². The van der Waals surface area contributed by atoms with E-state index in [4.69, 9.17) is 4.42 Å². The van der Waals surface area contributed by atoms with Crippen molar-refractivity contribution < 1.29 is 9.21 Å². The van der Waals surface area contributed by atoms with E-state index in [9.17, 15) is 4.79 Å². The zero-order valence-corrected chi connectivity index (χ0v) is 10.5. The van der Waals surface area contributed by atoms with Gasteiger partial charge in [-0.25, -0.2) is 0 Å². The van der Waals surface area contributed by atoms with Crippen LogP contribution < -0.4 is 4.90 Å². The van der Waals surface area contributed by atoms with Gasteiger partial charge in [0.25, 0.3) is 0 Å². The maximum Gasteiger partial charge on any atom is 0.304 e. The molecule has 1 aromatic heterocycles. The highest BCUT2D eigenvalue weighted by Gasteiger charge is 2.20. The number of carbonyl (C=O) groups excluding carboxylic acids is 1. The molecular weight excluding hydrogens is 204 g/mol. The predicted molar refractivity (Wildman–Crippen MR) is 63.3 cm³/mol. The molecule has 0 spiro atoms. The number of oxazole rings is 1. The maximum atomic E-state index is 11.8. The molecule has 1 amide bonds. The Kier molecular flexibility index (Phi) is 4.52. The van der Waals surface area contributed by atoms with Gasteiger partial charge in [0.05, 0.1) is 5.69 Å². The minimum atomic E-state index is 0.0575. The lowest BCUT2D eigenvalue weighted by Crippen LogP contribution is -2.34. The van der Waals surface area contributed by atoms with Crippen molar-refractivity contribution in [3.63, 3.8) is 0 Å². The van der Waals surface area contributed by atoms with Gasteiger partial charge >= 0.3 is 6.01 Å². The molecule has 0 radical (unpaired) electrons. The smallest absolute Gasteiger partial charge is 0.304 e. The van der Waals surface area contributed by atoms with Gasteiger partial charge in [0, 0.05) is 13.0 Å². The molecular formula is C12H20N2O2. The number of carbonyl (C=O) groups is 1. The molecule has 1 unspecified atom stereocenters. The molecule has 0 bridgehead atoms. The highest BCUT2D eigenvalue weighted by atomic mass is 16.4. The Bertz CT molecular complexity index is 347. The van der Waals surface area contributed by atoms with E-state index >= 15 is 0 Å². The molecule has 0 saturated heterocycles. The third-order valence-corrected chi connectivity index (χ3v) is 2.63. The Morgan fingerprint density at radius 1 is 1.56 bits per heavy atom. The molecule has 4 nitrogen and oxygen atoms in total. The summed E-state index contributed by atoms with van der Waals surface area (Å²) in [6.07, 6.45) is 3.08. The van der Waals surface area contributed by atoms with Gasteiger partial charge in [0.2, 0.25) is 5.91 Å². The topological polar surface area (TPSA) is 46.3 Å². The Morgan fingerprint density at radius 3 is 2.69 bits per heavy atom. The van der Waals surface area contributed by atoms with E-state index in [2.05, 4.69) is 18.8 Å². The molecule has 0 aromatic carbocycles. The lowest BCUT2D eigenvalue weighted by Gasteiger charge is -2.21. The zero-order chi connectivity index (χ0) is 12.1. The fourth-order valence-corrected chi connectivity index (χ4v) is 1.38. The van der Waals surface area contributed by atoms with Gasteiger partial charge in [0.1, 0.15) is 6.26 Å². The molecule has 1 rings (SSSR count). The van der Waals surface area contributed by atoms with Crippen LogP contribution in [0.15, 0.2) is 10.7 Å². The first-order valence-electron chi connectivity index (χ1n) is 5.80. The minimum Gasteiger partial charge on any atom is -0.431 e. The first-order chi connectivity index (χ1) is 7.58. The molecule has 90 valence electrons. The summed E-state index contributed by atoms with van der Waals surface area (Å²) in [6, 6.07) is 0.421. The molecule has 0 N–H and O–H groups in total. The molecule has 1 heterocycles. The van der Waals surface area contributed by atoms with Crippen LogP contribution in [0.4, 0.5) is 6.01 Å². The van der Waals surface area contributed by atoms with Gasteiger partial charge in [-0.3, -0.25) is 9.69 Å². The zero-order valence-electron chi connectivity index (χ0n) is 10.5. The van der Waals surface area contributed by atoms with Crippen LogP contribution in [0.1, 0.15) is 39.3 Å². The average Bonchev–Trinajstić information content (AvgIpc) is 2.71. The van der Waals surface area contributed by atoms with Crippen LogP contribution in [-0.2, 0) is 4.79 Å². The fraction of sp³-hybridized carbons (Fsp3) is 0.667. The molecule has 0 aliphatic heterocycles. The van der Waals surface area contributed by atoms with E-state index in [0.717, 1.165) is 12.1 Å². The number of hydrogen-bond acceptors (Lipinski definition) is 3. The molecule has 0 aliphatic carbocycles. The van der Waals surface area contributed by atoms with Crippen LogP contribution in [-0.4, -0.2) is 17.4 Å². The number of rotatable bonds is 5. The van der Waals surface area contributed by atoms with Gasteiger partial charge in [-0.15, -0.1) is 0 Å². The van der Waals surface area contributed by atoms with Crippen LogP contribution >= 0.6 is 0 Å². The predicted octanol–water partition coefficient (Wildman–Crippen LogP) is 2.77. The summed E-state index contributed by atoms with van der Waals surface area (Å²) in [5, 5.41) is 0. The first-order valence-corrected chi connectivity index (χ1v) is 5.80. The monoisotopic (exact) mass is 224 g/mol. The quantitative estimate of drug-likeness (QED) is 0.772. The molecule has 4 heteroatoms. The van der Waals surface area contributed by atoms with Crippen LogP contribution in [0.25, 0.3) is 0 Å². The van der Waals surface area contributed by atoms with Crippen molar-refractivity contribution in [1.29, 1.82) is 0 Å². The van der Waals surface area contributed by atoms with Gasteiger partial charge in [-0.1, -0.05) is 27.2 Å². The van der Waals surface area contributed by atoms with Crippen molar-refractivity contribution >= 4 is 11.9 Å². The lowest BCUT2D eigenvalue weighted by atomic mass is 10.1. The summed E-state index contributed by atoms with van der Waals surface area (Å²) in [7, 11) is 0. The fourth-order valence-electron chi connectivity index (χ4n) is 1.38. The molecule has 1 atom stereocenters. The summed E-state index contributed by atoms with van der Waals surface area (Å²) in [5.74, 6) is 0.504. The third kappa shape index (κ3) is 3.08. The number of anilines is 1. The maximum absolute atomic E-state index is 11.8. The van der Waals surface area contributed by atoms with Crippen molar-refractivity contribution in [2.45, 2.75) is 40.5 Å². The van der Waals surface area contributed by atoms with Gasteiger partial charge in [0.15, 0.2) is 0 Å². The lowest BCUT2D eigenvalue weighted by molar-refractivity contribution is -0.118. The highest BCUT2D eigenvalue weighted by molar-refractivity contribution is 5.90. The van der Waals surface area contributed by atoms with Gasteiger partial charge in [-0.05, 0) is 12.8 Å². The van der Waals surface area contributed by atoms with Crippen LogP contribution in [0.5, 0.6) is 0 Å². The Labute approximate surface area is 96.7 Å². The summed E-state index contributed by atoms with van der Waals surface area (Å²) in [5.41, 5.74) is 0.799. The number of aromatic nitrogens is 1. The second kappa shape index (κ2) is 5.68. The molecule has 0 saturated carbocycles. The minimum absolute atomic E-state index is 0.0575. The summed E-state index contributed by atoms with van der Waals surface area (Å²) >= 11 is 0. The summed E-state index contributed by atoms with van der Waals surface area (Å²) < 4.78 is 5.29. The number of amides is 1. The van der Waals surface area contributed by atoms with Crippen LogP contribution in [0, 0.1) is 12.8 Å². The largest absolute Gasteiger partial charge is 0.431 e. The second-order valence-electron chi connectivity index (χ2n) is 4.14. The highest BCUT2D eigenvalue weighted by Crippen LogP contribution is 2.17. The van der Waals surface area contributed by atoms with Crippen LogP contribution in [0.3, 0.4) is 0 Å². The Balaban J connectivity index is 2.83. The van der Waals surface area contributed by atoms with Gasteiger partial charge < -0.3 is 4.42 Å². The summed E-state index contributed by atoms with van der Waals surface area (Å²) in [6.45, 7) is 8.60. The average molecular weight is 224 g/mol. The normalized spacial score (nSPS) is 12.5. The number of hydrogen-bond donors (Lipinski definition) is 0. The van der Waals surface area contributed by atoms with Crippen molar-refractivity contribution in [3.8, 4) is 0 Å². The van der Waals surface area contributed by atoms with E-state index in [1.807, 2.05) is 13.8 Å².